The Morgan fingerprint density at radius 2 is 1.96 bits per heavy atom. The first-order chi connectivity index (χ1) is 13.5. The summed E-state index contributed by atoms with van der Waals surface area (Å²) in [6.45, 7) is 1.70. The number of anilines is 1. The number of halogens is 1. The fourth-order valence-electron chi connectivity index (χ4n) is 2.84. The summed E-state index contributed by atoms with van der Waals surface area (Å²) in [5.74, 6) is 0.280. The van der Waals surface area contributed by atoms with Crippen LogP contribution in [0.25, 0.3) is 11.3 Å². The molecule has 142 valence electrons. The second-order valence-electron chi connectivity index (χ2n) is 6.24. The van der Waals surface area contributed by atoms with Gasteiger partial charge in [-0.2, -0.15) is 5.10 Å². The van der Waals surface area contributed by atoms with Crippen molar-refractivity contribution in [2.45, 2.75) is 13.0 Å². The third-order valence-electron chi connectivity index (χ3n) is 4.33. The monoisotopic (exact) mass is 381 g/mol. The van der Waals surface area contributed by atoms with E-state index in [-0.39, 0.29) is 6.79 Å². The third-order valence-corrected chi connectivity index (χ3v) is 4.33. The molecule has 1 amide bonds. The van der Waals surface area contributed by atoms with Crippen LogP contribution in [0.5, 0.6) is 11.5 Å². The zero-order chi connectivity index (χ0) is 19.7. The molecular weight excluding hydrogens is 365 g/mol. The molecule has 0 bridgehead atoms. The van der Waals surface area contributed by atoms with E-state index in [1.54, 1.807) is 37.3 Å². The second-order valence-corrected chi connectivity index (χ2v) is 6.24. The summed E-state index contributed by atoms with van der Waals surface area (Å²) < 4.78 is 25.0. The van der Waals surface area contributed by atoms with Gasteiger partial charge in [0.2, 0.25) is 12.7 Å². The number of aromatic nitrogens is 2. The zero-order valence-electron chi connectivity index (χ0n) is 14.9. The van der Waals surface area contributed by atoms with Crippen LogP contribution in [0.2, 0.25) is 0 Å². The molecule has 0 saturated heterocycles. The van der Waals surface area contributed by atoms with Gasteiger partial charge in [0, 0.05) is 17.3 Å². The number of benzene rings is 2. The summed E-state index contributed by atoms with van der Waals surface area (Å²) in [5.41, 5.74) is 1.10. The Morgan fingerprint density at radius 3 is 2.79 bits per heavy atom. The SMILES string of the molecule is CC(C(=O)Nc1cccc(F)c1)n1nc(-c2ccc3c(c2)OCO3)ccc1=O. The molecule has 1 aliphatic rings. The Hall–Kier alpha value is -3.68. The second kappa shape index (κ2) is 7.15. The van der Waals surface area contributed by atoms with Crippen LogP contribution in [0.1, 0.15) is 13.0 Å². The number of hydrogen-bond donors (Lipinski definition) is 1. The molecule has 1 N–H and O–H groups in total. The first-order valence-corrected chi connectivity index (χ1v) is 8.57. The van der Waals surface area contributed by atoms with E-state index in [1.165, 1.54) is 24.3 Å². The van der Waals surface area contributed by atoms with Gasteiger partial charge in [-0.15, -0.1) is 0 Å². The largest absolute Gasteiger partial charge is 0.454 e. The number of hydrogen-bond acceptors (Lipinski definition) is 5. The number of carbonyl (C=O) groups excluding carboxylic acids is 1. The molecule has 0 radical (unpaired) electrons. The van der Waals surface area contributed by atoms with Gasteiger partial charge >= 0.3 is 0 Å². The van der Waals surface area contributed by atoms with E-state index < -0.39 is 23.3 Å². The fourth-order valence-corrected chi connectivity index (χ4v) is 2.84. The Labute approximate surface area is 159 Å². The fraction of sp³-hybridized carbons (Fsp3) is 0.150. The summed E-state index contributed by atoms with van der Waals surface area (Å²) in [6, 6.07) is 12.9. The van der Waals surface area contributed by atoms with E-state index in [4.69, 9.17) is 9.47 Å². The van der Waals surface area contributed by atoms with Crippen molar-refractivity contribution in [3.8, 4) is 22.8 Å². The highest BCUT2D eigenvalue weighted by Crippen LogP contribution is 2.35. The van der Waals surface area contributed by atoms with Gasteiger partial charge in [-0.25, -0.2) is 9.07 Å². The maximum atomic E-state index is 13.3. The van der Waals surface area contributed by atoms with Gasteiger partial charge < -0.3 is 14.8 Å². The Morgan fingerprint density at radius 1 is 1.14 bits per heavy atom. The number of rotatable bonds is 4. The van der Waals surface area contributed by atoms with Crippen LogP contribution >= 0.6 is 0 Å². The molecule has 0 saturated carbocycles. The Balaban J connectivity index is 1.61. The number of nitrogens with zero attached hydrogens (tertiary/aromatic N) is 2. The van der Waals surface area contributed by atoms with Gasteiger partial charge in [0.1, 0.15) is 11.9 Å². The molecule has 0 aliphatic carbocycles. The highest BCUT2D eigenvalue weighted by atomic mass is 19.1. The van der Waals surface area contributed by atoms with E-state index in [0.717, 1.165) is 10.2 Å². The molecule has 2 heterocycles. The van der Waals surface area contributed by atoms with Crippen molar-refractivity contribution >= 4 is 11.6 Å². The van der Waals surface area contributed by atoms with Crippen LogP contribution in [0.4, 0.5) is 10.1 Å². The summed E-state index contributed by atoms with van der Waals surface area (Å²) in [6.07, 6.45) is 0. The Kier molecular flexibility index (Phi) is 4.52. The quantitative estimate of drug-likeness (QED) is 0.751. The van der Waals surface area contributed by atoms with E-state index in [1.807, 2.05) is 0 Å². The van der Waals surface area contributed by atoms with E-state index in [9.17, 15) is 14.0 Å². The first-order valence-electron chi connectivity index (χ1n) is 8.57. The molecule has 7 nitrogen and oxygen atoms in total. The molecule has 0 fully saturated rings. The molecule has 28 heavy (non-hydrogen) atoms. The lowest BCUT2D eigenvalue weighted by Gasteiger charge is -2.15. The maximum absolute atomic E-state index is 13.3. The minimum atomic E-state index is -0.898. The van der Waals surface area contributed by atoms with Crippen molar-refractivity contribution in [3.63, 3.8) is 0 Å². The van der Waals surface area contributed by atoms with Crippen LogP contribution in [-0.4, -0.2) is 22.5 Å². The molecular formula is C20H16FN3O4. The number of fused-ring (bicyclic) bond motifs is 1. The molecule has 4 rings (SSSR count). The minimum absolute atomic E-state index is 0.156. The van der Waals surface area contributed by atoms with Gasteiger partial charge in [0.25, 0.3) is 5.56 Å². The lowest BCUT2D eigenvalue weighted by Crippen LogP contribution is -2.33. The van der Waals surface area contributed by atoms with Crippen molar-refractivity contribution < 1.29 is 18.7 Å². The standard InChI is InChI=1S/C20H16FN3O4/c1-12(20(26)22-15-4-2-3-14(21)10-15)24-19(25)8-6-16(23-24)13-5-7-17-18(9-13)28-11-27-17/h2-10,12H,11H2,1H3,(H,22,26). The van der Waals surface area contributed by atoms with Crippen LogP contribution in [0, 0.1) is 5.82 Å². The molecule has 1 atom stereocenters. The van der Waals surface area contributed by atoms with Gasteiger partial charge in [-0.1, -0.05) is 6.07 Å². The van der Waals surface area contributed by atoms with Crippen LogP contribution < -0.4 is 20.3 Å². The lowest BCUT2D eigenvalue weighted by atomic mass is 10.1. The molecule has 8 heteroatoms. The minimum Gasteiger partial charge on any atom is -0.454 e. The summed E-state index contributed by atoms with van der Waals surface area (Å²) in [5, 5.41) is 6.91. The summed E-state index contributed by atoms with van der Waals surface area (Å²) >= 11 is 0. The predicted molar refractivity (Wildman–Crippen MR) is 99.8 cm³/mol. The van der Waals surface area contributed by atoms with Crippen LogP contribution in [0.15, 0.2) is 59.4 Å². The van der Waals surface area contributed by atoms with E-state index in [2.05, 4.69) is 10.4 Å². The highest BCUT2D eigenvalue weighted by molar-refractivity contribution is 5.93. The maximum Gasteiger partial charge on any atom is 0.267 e. The van der Waals surface area contributed by atoms with Gasteiger partial charge in [0.05, 0.1) is 5.69 Å². The summed E-state index contributed by atoms with van der Waals surface area (Å²) in [7, 11) is 0. The summed E-state index contributed by atoms with van der Waals surface area (Å²) in [4.78, 5) is 24.8. The van der Waals surface area contributed by atoms with Gasteiger partial charge in [-0.3, -0.25) is 9.59 Å². The number of carbonyl (C=O) groups is 1. The molecule has 3 aromatic rings. The van der Waals surface area contributed by atoms with Crippen molar-refractivity contribution in [3.05, 3.63) is 70.8 Å². The molecule has 1 aliphatic heterocycles. The van der Waals surface area contributed by atoms with E-state index >= 15 is 0 Å². The zero-order valence-corrected chi connectivity index (χ0v) is 14.9. The van der Waals surface area contributed by atoms with Crippen LogP contribution in [0.3, 0.4) is 0 Å². The molecule has 1 unspecified atom stereocenters. The highest BCUT2D eigenvalue weighted by Gasteiger charge is 2.19. The topological polar surface area (TPSA) is 82.5 Å². The van der Waals surface area contributed by atoms with Crippen molar-refractivity contribution in [2.24, 2.45) is 0 Å². The average Bonchev–Trinajstić information content (AvgIpc) is 3.15. The van der Waals surface area contributed by atoms with Crippen molar-refractivity contribution in [1.29, 1.82) is 0 Å². The van der Waals surface area contributed by atoms with Crippen LogP contribution in [-0.2, 0) is 4.79 Å². The third kappa shape index (κ3) is 3.44. The van der Waals surface area contributed by atoms with Gasteiger partial charge in [0.15, 0.2) is 11.5 Å². The van der Waals surface area contributed by atoms with E-state index in [0.29, 0.717) is 22.9 Å². The predicted octanol–water partition coefficient (Wildman–Crippen LogP) is 2.98. The lowest BCUT2D eigenvalue weighted by molar-refractivity contribution is -0.119. The normalized spacial score (nSPS) is 13.2. The number of nitrogens with one attached hydrogen (secondary N) is 1. The van der Waals surface area contributed by atoms with Crippen molar-refractivity contribution in [1.82, 2.24) is 9.78 Å². The molecule has 1 aromatic heterocycles. The first kappa shape index (κ1) is 17.7. The average molecular weight is 381 g/mol. The Bertz CT molecular complexity index is 1110. The number of amides is 1. The smallest absolute Gasteiger partial charge is 0.267 e. The number of ether oxygens (including phenoxy) is 2. The molecule has 0 spiro atoms. The van der Waals surface area contributed by atoms with Crippen molar-refractivity contribution in [2.75, 3.05) is 12.1 Å². The van der Waals surface area contributed by atoms with Gasteiger partial charge in [-0.05, 0) is 49.4 Å². The molecule has 2 aromatic carbocycles.